The summed E-state index contributed by atoms with van der Waals surface area (Å²) in [6.45, 7) is 0. The number of hydrogen-bond acceptors (Lipinski definition) is 2. The van der Waals surface area contributed by atoms with Gasteiger partial charge in [0, 0.05) is 5.56 Å². The van der Waals surface area contributed by atoms with Gasteiger partial charge in [-0.2, -0.15) is 0 Å². The van der Waals surface area contributed by atoms with E-state index in [4.69, 9.17) is 16.3 Å². The molecule has 0 unspecified atom stereocenters. The van der Waals surface area contributed by atoms with Gasteiger partial charge in [0.1, 0.15) is 17.4 Å². The van der Waals surface area contributed by atoms with Gasteiger partial charge in [-0.15, -0.1) is 0 Å². The molecule has 2 nitrogen and oxygen atoms in total. The second kappa shape index (κ2) is 5.89. The van der Waals surface area contributed by atoms with E-state index < -0.39 is 17.4 Å². The molecule has 0 atom stereocenters. The van der Waals surface area contributed by atoms with Crippen LogP contribution in [0.5, 0.6) is 5.75 Å². The topological polar surface area (TPSA) is 26.3 Å². The molecule has 2 aromatic carbocycles. The van der Waals surface area contributed by atoms with Gasteiger partial charge in [0.2, 0.25) is 0 Å². The number of methoxy groups -OCH3 is 1. The van der Waals surface area contributed by atoms with Crippen molar-refractivity contribution in [1.29, 1.82) is 0 Å². The zero-order chi connectivity index (χ0) is 14.9. The lowest BCUT2D eigenvalue weighted by Gasteiger charge is -2.07. The molecule has 104 valence electrons. The second-order valence-corrected chi connectivity index (χ2v) is 5.19. The Kier molecular flexibility index (Phi) is 4.40. The third kappa shape index (κ3) is 2.83. The van der Waals surface area contributed by atoms with Gasteiger partial charge in [0.05, 0.1) is 22.2 Å². The standard InChI is InChI=1S/C14H8BrClF2O2/c1-20-13-3-2-7(4-9(13)15)14(19)8-5-12(18)10(16)6-11(8)17/h2-6H,1H3. The van der Waals surface area contributed by atoms with Gasteiger partial charge < -0.3 is 4.74 Å². The maximum absolute atomic E-state index is 13.7. The van der Waals surface area contributed by atoms with Crippen LogP contribution in [0.4, 0.5) is 8.78 Å². The van der Waals surface area contributed by atoms with Crippen LogP contribution in [0.15, 0.2) is 34.8 Å². The van der Waals surface area contributed by atoms with E-state index in [0.29, 0.717) is 10.2 Å². The molecule has 0 saturated heterocycles. The summed E-state index contributed by atoms with van der Waals surface area (Å²) < 4.78 is 32.6. The average molecular weight is 362 g/mol. The summed E-state index contributed by atoms with van der Waals surface area (Å²) in [6.07, 6.45) is 0. The Bertz CT molecular complexity index is 689. The van der Waals surface area contributed by atoms with E-state index in [9.17, 15) is 13.6 Å². The minimum atomic E-state index is -0.867. The fourth-order valence-electron chi connectivity index (χ4n) is 1.66. The lowest BCUT2D eigenvalue weighted by Crippen LogP contribution is -2.05. The van der Waals surface area contributed by atoms with Gasteiger partial charge in [-0.05, 0) is 46.3 Å². The molecule has 20 heavy (non-hydrogen) atoms. The van der Waals surface area contributed by atoms with Crippen LogP contribution < -0.4 is 4.74 Å². The highest BCUT2D eigenvalue weighted by atomic mass is 79.9. The number of ether oxygens (including phenoxy) is 1. The zero-order valence-corrected chi connectivity index (χ0v) is 12.6. The first-order chi connectivity index (χ1) is 9.43. The van der Waals surface area contributed by atoms with Crippen LogP contribution in [0.1, 0.15) is 15.9 Å². The third-order valence-electron chi connectivity index (χ3n) is 2.67. The van der Waals surface area contributed by atoms with E-state index in [1.165, 1.54) is 19.2 Å². The van der Waals surface area contributed by atoms with Crippen LogP contribution in [-0.4, -0.2) is 12.9 Å². The van der Waals surface area contributed by atoms with Gasteiger partial charge in [-0.25, -0.2) is 8.78 Å². The number of ketones is 1. The summed E-state index contributed by atoms with van der Waals surface area (Å²) in [5.41, 5.74) is -0.165. The SMILES string of the molecule is COc1ccc(C(=O)c2cc(F)c(Cl)cc2F)cc1Br. The van der Waals surface area contributed by atoms with Crippen molar-refractivity contribution in [1.82, 2.24) is 0 Å². The van der Waals surface area contributed by atoms with E-state index in [1.54, 1.807) is 6.07 Å². The molecular weight excluding hydrogens is 354 g/mol. The van der Waals surface area contributed by atoms with Gasteiger partial charge in [-0.3, -0.25) is 4.79 Å². The van der Waals surface area contributed by atoms with Crippen LogP contribution in [0, 0.1) is 11.6 Å². The van der Waals surface area contributed by atoms with Crippen molar-refractivity contribution in [3.63, 3.8) is 0 Å². The fourth-order valence-corrected chi connectivity index (χ4v) is 2.35. The summed E-state index contributed by atoms with van der Waals surface area (Å²) in [7, 11) is 1.48. The summed E-state index contributed by atoms with van der Waals surface area (Å²) in [5, 5.41) is -0.366. The molecule has 0 aromatic heterocycles. The number of hydrogen-bond donors (Lipinski definition) is 0. The maximum atomic E-state index is 13.7. The molecule has 6 heteroatoms. The summed E-state index contributed by atoms with van der Waals surface area (Å²) in [4.78, 5) is 12.2. The number of carbonyl (C=O) groups excluding carboxylic acids is 1. The number of rotatable bonds is 3. The minimum absolute atomic E-state index is 0.207. The van der Waals surface area contributed by atoms with Crippen LogP contribution in [0.3, 0.4) is 0 Å². The molecule has 2 aromatic rings. The first kappa shape index (κ1) is 14.9. The normalized spacial score (nSPS) is 10.4. The molecular formula is C14H8BrClF2O2. The monoisotopic (exact) mass is 360 g/mol. The van der Waals surface area contributed by atoms with Crippen molar-refractivity contribution in [2.75, 3.05) is 7.11 Å². The highest BCUT2D eigenvalue weighted by molar-refractivity contribution is 9.10. The predicted octanol–water partition coefficient (Wildman–Crippen LogP) is 4.62. The van der Waals surface area contributed by atoms with Crippen LogP contribution in [-0.2, 0) is 0 Å². The lowest BCUT2D eigenvalue weighted by atomic mass is 10.0. The molecule has 0 radical (unpaired) electrons. The highest BCUT2D eigenvalue weighted by Gasteiger charge is 2.18. The summed E-state index contributed by atoms with van der Waals surface area (Å²) in [5.74, 6) is -1.82. The predicted molar refractivity (Wildman–Crippen MR) is 75.5 cm³/mol. The largest absolute Gasteiger partial charge is 0.496 e. The van der Waals surface area contributed by atoms with Crippen molar-refractivity contribution in [2.45, 2.75) is 0 Å². The Labute approximate surface area is 127 Å². The second-order valence-electron chi connectivity index (χ2n) is 3.92. The Hall–Kier alpha value is -1.46. The van der Waals surface area contributed by atoms with Crippen molar-refractivity contribution in [2.24, 2.45) is 0 Å². The molecule has 0 spiro atoms. The number of benzene rings is 2. The van der Waals surface area contributed by atoms with Crippen molar-refractivity contribution in [3.8, 4) is 5.75 Å². The Balaban J connectivity index is 2.46. The quantitative estimate of drug-likeness (QED) is 0.589. The Morgan fingerprint density at radius 1 is 1.20 bits per heavy atom. The average Bonchev–Trinajstić information content (AvgIpc) is 2.42. The van der Waals surface area contributed by atoms with Crippen molar-refractivity contribution < 1.29 is 18.3 Å². The molecule has 0 aliphatic heterocycles. The van der Waals surface area contributed by atoms with Crippen molar-refractivity contribution in [3.05, 3.63) is 62.6 Å². The molecule has 0 aliphatic carbocycles. The van der Waals surface area contributed by atoms with Gasteiger partial charge in [0.15, 0.2) is 5.78 Å². The van der Waals surface area contributed by atoms with Crippen molar-refractivity contribution >= 4 is 33.3 Å². The minimum Gasteiger partial charge on any atom is -0.496 e. The number of carbonyl (C=O) groups is 1. The van der Waals surface area contributed by atoms with Gasteiger partial charge in [0.25, 0.3) is 0 Å². The molecule has 0 aliphatic rings. The molecule has 0 N–H and O–H groups in total. The molecule has 0 bridgehead atoms. The maximum Gasteiger partial charge on any atom is 0.196 e. The fraction of sp³-hybridized carbons (Fsp3) is 0.0714. The van der Waals surface area contributed by atoms with Gasteiger partial charge >= 0.3 is 0 Å². The van der Waals surface area contributed by atoms with Crippen LogP contribution >= 0.6 is 27.5 Å². The zero-order valence-electron chi connectivity index (χ0n) is 10.2. The van der Waals surface area contributed by atoms with E-state index >= 15 is 0 Å². The highest BCUT2D eigenvalue weighted by Crippen LogP contribution is 2.28. The van der Waals surface area contributed by atoms with Crippen LogP contribution in [0.2, 0.25) is 5.02 Å². The molecule has 0 saturated carbocycles. The summed E-state index contributed by atoms with van der Waals surface area (Å²) >= 11 is 8.68. The lowest BCUT2D eigenvalue weighted by molar-refractivity contribution is 0.103. The van der Waals surface area contributed by atoms with E-state index in [2.05, 4.69) is 15.9 Å². The molecule has 0 amide bonds. The summed E-state index contributed by atoms with van der Waals surface area (Å²) in [6, 6.07) is 6.08. The molecule has 2 rings (SSSR count). The van der Waals surface area contributed by atoms with E-state index in [0.717, 1.165) is 12.1 Å². The number of halogens is 4. The van der Waals surface area contributed by atoms with Crippen LogP contribution in [0.25, 0.3) is 0 Å². The first-order valence-electron chi connectivity index (χ1n) is 5.47. The Morgan fingerprint density at radius 3 is 2.50 bits per heavy atom. The first-order valence-corrected chi connectivity index (χ1v) is 6.64. The van der Waals surface area contributed by atoms with E-state index in [1.807, 2.05) is 0 Å². The molecule has 0 fully saturated rings. The third-order valence-corrected chi connectivity index (χ3v) is 3.58. The Morgan fingerprint density at radius 2 is 1.90 bits per heavy atom. The molecule has 0 heterocycles. The van der Waals surface area contributed by atoms with Gasteiger partial charge in [-0.1, -0.05) is 11.6 Å². The smallest absolute Gasteiger partial charge is 0.196 e. The van der Waals surface area contributed by atoms with E-state index in [-0.39, 0.29) is 16.1 Å².